The average Bonchev–Trinajstić information content (AvgIpc) is 2.81. The van der Waals surface area contributed by atoms with Crippen LogP contribution in [0.15, 0.2) is 30.9 Å². The summed E-state index contributed by atoms with van der Waals surface area (Å²) in [5.41, 5.74) is 1.05. The molecule has 7 heteroatoms. The lowest BCUT2D eigenvalue weighted by atomic mass is 10.2. The molecule has 19 heavy (non-hydrogen) atoms. The van der Waals surface area contributed by atoms with E-state index in [0.29, 0.717) is 18.9 Å². The summed E-state index contributed by atoms with van der Waals surface area (Å²) in [5.74, 6) is 0.299. The van der Waals surface area contributed by atoms with Gasteiger partial charge >= 0.3 is 6.18 Å². The van der Waals surface area contributed by atoms with Gasteiger partial charge < -0.3 is 4.90 Å². The lowest BCUT2D eigenvalue weighted by Crippen LogP contribution is -2.17. The quantitative estimate of drug-likeness (QED) is 0.795. The first kappa shape index (κ1) is 11.9. The predicted octanol–water partition coefficient (Wildman–Crippen LogP) is 2.41. The third kappa shape index (κ3) is 2.23. The maximum atomic E-state index is 12.6. The first-order chi connectivity index (χ1) is 9.04. The molecule has 0 aliphatic carbocycles. The number of rotatable bonds is 1. The number of nitrogens with zero attached hydrogens (tertiary/aromatic N) is 4. The molecule has 3 heterocycles. The number of fused-ring (bicyclic) bond motifs is 1. The lowest BCUT2D eigenvalue weighted by molar-refractivity contribution is -0.137. The van der Waals surface area contributed by atoms with Crippen LogP contribution in [0.4, 0.5) is 19.0 Å². The highest BCUT2D eigenvalue weighted by atomic mass is 19.4. The molecule has 0 saturated heterocycles. The Morgan fingerprint density at radius 3 is 2.74 bits per heavy atom. The van der Waals surface area contributed by atoms with E-state index in [-0.39, 0.29) is 0 Å². The predicted molar refractivity (Wildman–Crippen MR) is 61.2 cm³/mol. The second kappa shape index (κ2) is 4.18. The van der Waals surface area contributed by atoms with E-state index in [0.717, 1.165) is 23.4 Å². The molecule has 0 bridgehead atoms. The van der Waals surface area contributed by atoms with Crippen LogP contribution in [0.1, 0.15) is 16.8 Å². The Morgan fingerprint density at radius 2 is 2.00 bits per heavy atom. The smallest absolute Gasteiger partial charge is 0.346 e. The largest absolute Gasteiger partial charge is 0.416 e. The van der Waals surface area contributed by atoms with Crippen LogP contribution < -0.4 is 4.90 Å². The first-order valence-electron chi connectivity index (χ1n) is 5.60. The molecule has 98 valence electrons. The zero-order chi connectivity index (χ0) is 13.5. The van der Waals surface area contributed by atoms with Crippen molar-refractivity contribution in [1.29, 1.82) is 0 Å². The first-order valence-corrected chi connectivity index (χ1v) is 5.60. The molecule has 0 aromatic carbocycles. The summed E-state index contributed by atoms with van der Waals surface area (Å²) in [4.78, 5) is 13.7. The third-order valence-corrected chi connectivity index (χ3v) is 2.98. The number of aromatic nitrogens is 3. The molecule has 0 saturated carbocycles. The second-order valence-corrected chi connectivity index (χ2v) is 4.25. The molecule has 1 aliphatic rings. The Kier molecular flexibility index (Phi) is 2.62. The van der Waals surface area contributed by atoms with Gasteiger partial charge in [0.1, 0.15) is 12.1 Å². The van der Waals surface area contributed by atoms with Crippen LogP contribution in [0.5, 0.6) is 0 Å². The Hall–Kier alpha value is -2.18. The minimum absolute atomic E-state index is 0.299. The van der Waals surface area contributed by atoms with Crippen molar-refractivity contribution in [1.82, 2.24) is 15.0 Å². The van der Waals surface area contributed by atoms with Gasteiger partial charge in [-0.3, -0.25) is 0 Å². The molecule has 0 amide bonds. The molecule has 2 aromatic heterocycles. The van der Waals surface area contributed by atoms with Gasteiger partial charge in [-0.15, -0.1) is 0 Å². The maximum Gasteiger partial charge on any atom is 0.416 e. The Labute approximate surface area is 106 Å². The second-order valence-electron chi connectivity index (χ2n) is 4.25. The van der Waals surface area contributed by atoms with E-state index in [4.69, 9.17) is 0 Å². The fourth-order valence-corrected chi connectivity index (χ4v) is 2.03. The third-order valence-electron chi connectivity index (χ3n) is 2.98. The minimum atomic E-state index is -4.36. The zero-order valence-electron chi connectivity index (χ0n) is 9.72. The van der Waals surface area contributed by atoms with Crippen LogP contribution in [0.25, 0.3) is 0 Å². The summed E-state index contributed by atoms with van der Waals surface area (Å²) in [6.07, 6.45) is -0.0747. The van der Waals surface area contributed by atoms with Crippen LogP contribution in [0.2, 0.25) is 0 Å². The van der Waals surface area contributed by atoms with Gasteiger partial charge in [-0.2, -0.15) is 13.2 Å². The van der Waals surface area contributed by atoms with Crippen LogP contribution in [0, 0.1) is 0 Å². The van der Waals surface area contributed by atoms with Crippen LogP contribution in [0.3, 0.4) is 0 Å². The standard InChI is InChI=1S/C12H9F3N4/c13-12(14,15)9-1-2-17-11(3-9)19-5-8-4-16-7-18-10(8)6-19/h1-4,7H,5-6H2. The number of alkyl halides is 3. The van der Waals surface area contributed by atoms with Gasteiger partial charge in [-0.25, -0.2) is 15.0 Å². The summed E-state index contributed by atoms with van der Waals surface area (Å²) < 4.78 is 37.9. The zero-order valence-corrected chi connectivity index (χ0v) is 9.72. The van der Waals surface area contributed by atoms with Crippen molar-refractivity contribution >= 4 is 5.82 Å². The Bertz CT molecular complexity index is 587. The minimum Gasteiger partial charge on any atom is -0.346 e. The summed E-state index contributed by atoms with van der Waals surface area (Å²) in [5, 5.41) is 0. The Balaban J connectivity index is 1.90. The SMILES string of the molecule is FC(F)(F)c1ccnc(N2Cc3cncnc3C2)c1. The molecule has 0 spiro atoms. The van der Waals surface area contributed by atoms with E-state index in [1.165, 1.54) is 12.5 Å². The van der Waals surface area contributed by atoms with Crippen molar-refractivity contribution in [3.05, 3.63) is 47.7 Å². The lowest BCUT2D eigenvalue weighted by Gasteiger charge is -2.17. The van der Waals surface area contributed by atoms with E-state index in [2.05, 4.69) is 15.0 Å². The molecular weight excluding hydrogens is 257 g/mol. The molecule has 0 N–H and O–H groups in total. The number of halogens is 3. The van der Waals surface area contributed by atoms with Gasteiger partial charge in [0.05, 0.1) is 17.8 Å². The van der Waals surface area contributed by atoms with E-state index < -0.39 is 11.7 Å². The van der Waals surface area contributed by atoms with Crippen molar-refractivity contribution in [3.8, 4) is 0 Å². The fourth-order valence-electron chi connectivity index (χ4n) is 2.03. The molecule has 0 radical (unpaired) electrons. The van der Waals surface area contributed by atoms with Crippen LogP contribution in [-0.2, 0) is 19.3 Å². The molecule has 4 nitrogen and oxygen atoms in total. The highest BCUT2D eigenvalue weighted by Crippen LogP contribution is 2.32. The highest BCUT2D eigenvalue weighted by molar-refractivity contribution is 5.46. The van der Waals surface area contributed by atoms with Crippen LogP contribution in [-0.4, -0.2) is 15.0 Å². The van der Waals surface area contributed by atoms with Crippen molar-refractivity contribution in [2.75, 3.05) is 4.90 Å². The molecule has 2 aromatic rings. The summed E-state index contributed by atoms with van der Waals surface area (Å²) >= 11 is 0. The van der Waals surface area contributed by atoms with Gasteiger partial charge in [0.2, 0.25) is 0 Å². The van der Waals surface area contributed by atoms with Crippen molar-refractivity contribution < 1.29 is 13.2 Å². The number of anilines is 1. The van der Waals surface area contributed by atoms with Gasteiger partial charge in [-0.1, -0.05) is 0 Å². The summed E-state index contributed by atoms with van der Waals surface area (Å²) in [6.45, 7) is 0.927. The maximum absolute atomic E-state index is 12.6. The van der Waals surface area contributed by atoms with Gasteiger partial charge in [0, 0.05) is 24.5 Å². The fraction of sp³-hybridized carbons (Fsp3) is 0.250. The van der Waals surface area contributed by atoms with Gasteiger partial charge in [0.25, 0.3) is 0 Å². The monoisotopic (exact) mass is 266 g/mol. The molecule has 3 rings (SSSR count). The summed E-state index contributed by atoms with van der Waals surface area (Å²) in [7, 11) is 0. The molecular formula is C12H9F3N4. The normalized spacial score (nSPS) is 14.6. The highest BCUT2D eigenvalue weighted by Gasteiger charge is 2.32. The van der Waals surface area contributed by atoms with Crippen molar-refractivity contribution in [2.45, 2.75) is 19.3 Å². The van der Waals surface area contributed by atoms with E-state index in [1.807, 2.05) is 0 Å². The summed E-state index contributed by atoms with van der Waals surface area (Å²) in [6, 6.07) is 2.02. The van der Waals surface area contributed by atoms with Gasteiger partial charge in [0.15, 0.2) is 0 Å². The Morgan fingerprint density at radius 1 is 1.16 bits per heavy atom. The van der Waals surface area contributed by atoms with E-state index in [9.17, 15) is 13.2 Å². The average molecular weight is 266 g/mol. The topological polar surface area (TPSA) is 41.9 Å². The molecule has 1 aliphatic heterocycles. The number of pyridine rings is 1. The molecule has 0 unspecified atom stereocenters. The number of hydrogen-bond acceptors (Lipinski definition) is 4. The van der Waals surface area contributed by atoms with E-state index >= 15 is 0 Å². The number of hydrogen-bond donors (Lipinski definition) is 0. The van der Waals surface area contributed by atoms with Gasteiger partial charge in [-0.05, 0) is 12.1 Å². The van der Waals surface area contributed by atoms with E-state index in [1.54, 1.807) is 11.1 Å². The molecule has 0 fully saturated rings. The molecule has 0 atom stereocenters. The van der Waals surface area contributed by atoms with Crippen LogP contribution >= 0.6 is 0 Å². The van der Waals surface area contributed by atoms with Crippen molar-refractivity contribution in [3.63, 3.8) is 0 Å². The van der Waals surface area contributed by atoms with Crippen molar-refractivity contribution in [2.24, 2.45) is 0 Å².